The summed E-state index contributed by atoms with van der Waals surface area (Å²) in [4.78, 5) is 0. The van der Waals surface area contributed by atoms with Gasteiger partial charge < -0.3 is 4.74 Å². The van der Waals surface area contributed by atoms with Crippen molar-refractivity contribution in [3.05, 3.63) is 27.3 Å². The first-order chi connectivity index (χ1) is 6.38. The fourth-order valence-electron chi connectivity index (χ4n) is 0.829. The van der Waals surface area contributed by atoms with Gasteiger partial charge in [0, 0.05) is 3.57 Å². The smallest absolute Gasteiger partial charge is 0.422 e. The van der Waals surface area contributed by atoms with Gasteiger partial charge >= 0.3 is 6.18 Å². The number of halogens is 4. The molecule has 0 aliphatic rings. The molecule has 1 aromatic rings. The van der Waals surface area contributed by atoms with E-state index in [1.165, 1.54) is 6.07 Å². The molecule has 1 rings (SSSR count). The Morgan fingerprint density at radius 1 is 1.36 bits per heavy atom. The maximum Gasteiger partial charge on any atom is 0.422 e. The molecule has 0 radical (unpaired) electrons. The van der Waals surface area contributed by atoms with Gasteiger partial charge in [-0.05, 0) is 47.2 Å². The lowest BCUT2D eigenvalue weighted by Crippen LogP contribution is -2.19. The van der Waals surface area contributed by atoms with Crippen LogP contribution in [0.25, 0.3) is 0 Å². The second-order valence-electron chi connectivity index (χ2n) is 2.81. The molecule has 0 amide bonds. The van der Waals surface area contributed by atoms with Crippen molar-refractivity contribution in [2.75, 3.05) is 6.61 Å². The molecule has 0 aliphatic carbocycles. The first-order valence-electron chi connectivity index (χ1n) is 3.84. The van der Waals surface area contributed by atoms with E-state index < -0.39 is 12.8 Å². The molecule has 1 nitrogen and oxygen atoms in total. The number of hydrogen-bond donors (Lipinski definition) is 0. The topological polar surface area (TPSA) is 9.23 Å². The minimum absolute atomic E-state index is 0.248. The van der Waals surface area contributed by atoms with Crippen LogP contribution in [-0.4, -0.2) is 12.8 Å². The Hall–Kier alpha value is -0.460. The molecular formula is C9H8F3IO. The monoisotopic (exact) mass is 316 g/mol. The molecular weight excluding hydrogens is 308 g/mol. The summed E-state index contributed by atoms with van der Waals surface area (Å²) < 4.78 is 40.9. The average Bonchev–Trinajstić information content (AvgIpc) is 2.06. The predicted octanol–water partition coefficient (Wildman–Crippen LogP) is 3.54. The normalized spacial score (nSPS) is 11.5. The van der Waals surface area contributed by atoms with Crippen LogP contribution in [0.4, 0.5) is 13.2 Å². The van der Waals surface area contributed by atoms with Crippen molar-refractivity contribution in [3.8, 4) is 5.75 Å². The third-order valence-electron chi connectivity index (χ3n) is 1.55. The minimum atomic E-state index is -4.28. The zero-order valence-corrected chi connectivity index (χ0v) is 9.52. The molecule has 0 heterocycles. The number of hydrogen-bond acceptors (Lipinski definition) is 1. The van der Waals surface area contributed by atoms with Crippen LogP contribution in [0.1, 0.15) is 5.56 Å². The number of ether oxygens (including phenoxy) is 1. The van der Waals surface area contributed by atoms with E-state index >= 15 is 0 Å². The molecule has 78 valence electrons. The van der Waals surface area contributed by atoms with Gasteiger partial charge in [-0.25, -0.2) is 0 Å². The van der Waals surface area contributed by atoms with Crippen molar-refractivity contribution in [1.29, 1.82) is 0 Å². The molecule has 14 heavy (non-hydrogen) atoms. The van der Waals surface area contributed by atoms with Crippen LogP contribution in [-0.2, 0) is 0 Å². The Morgan fingerprint density at radius 3 is 2.50 bits per heavy atom. The minimum Gasteiger partial charge on any atom is -0.484 e. The maximum absolute atomic E-state index is 11.8. The highest BCUT2D eigenvalue weighted by Gasteiger charge is 2.28. The van der Waals surface area contributed by atoms with Crippen LogP contribution in [0.15, 0.2) is 18.2 Å². The molecule has 0 unspecified atom stereocenters. The summed E-state index contributed by atoms with van der Waals surface area (Å²) in [6.45, 7) is 0.640. The second kappa shape index (κ2) is 4.37. The van der Waals surface area contributed by atoms with Crippen molar-refractivity contribution in [2.45, 2.75) is 13.1 Å². The van der Waals surface area contributed by atoms with Crippen molar-refractivity contribution < 1.29 is 17.9 Å². The van der Waals surface area contributed by atoms with Gasteiger partial charge in [-0.3, -0.25) is 0 Å². The summed E-state index contributed by atoms with van der Waals surface area (Å²) in [5, 5.41) is 0. The third kappa shape index (κ3) is 3.73. The Labute approximate surface area is 93.4 Å². The summed E-state index contributed by atoms with van der Waals surface area (Å²) in [5.41, 5.74) is 1.02. The fourth-order valence-corrected chi connectivity index (χ4v) is 1.32. The van der Waals surface area contributed by atoms with E-state index in [9.17, 15) is 13.2 Å². The van der Waals surface area contributed by atoms with E-state index in [0.717, 1.165) is 9.13 Å². The van der Waals surface area contributed by atoms with Crippen LogP contribution < -0.4 is 4.74 Å². The van der Waals surface area contributed by atoms with Crippen LogP contribution in [0.3, 0.4) is 0 Å². The third-order valence-corrected chi connectivity index (χ3v) is 2.71. The molecule has 0 aromatic heterocycles. The van der Waals surface area contributed by atoms with Gasteiger partial charge in [0.25, 0.3) is 0 Å². The molecule has 0 saturated carbocycles. The number of alkyl halides is 3. The average molecular weight is 316 g/mol. The molecule has 5 heteroatoms. The Kier molecular flexibility index (Phi) is 3.63. The highest BCUT2D eigenvalue weighted by molar-refractivity contribution is 14.1. The molecule has 0 bridgehead atoms. The first-order valence-corrected chi connectivity index (χ1v) is 4.92. The van der Waals surface area contributed by atoms with E-state index in [4.69, 9.17) is 0 Å². The van der Waals surface area contributed by atoms with Gasteiger partial charge in [0.15, 0.2) is 6.61 Å². The van der Waals surface area contributed by atoms with Gasteiger partial charge in [0.1, 0.15) is 5.75 Å². The summed E-state index contributed by atoms with van der Waals surface area (Å²) in [6.07, 6.45) is -4.28. The van der Waals surface area contributed by atoms with Crippen LogP contribution in [0.2, 0.25) is 0 Å². The molecule has 0 aliphatic heterocycles. The lowest BCUT2D eigenvalue weighted by atomic mass is 10.2. The Balaban J connectivity index is 2.65. The molecule has 0 saturated heterocycles. The summed E-state index contributed by atoms with van der Waals surface area (Å²) >= 11 is 2.05. The van der Waals surface area contributed by atoms with Crippen LogP contribution >= 0.6 is 22.6 Å². The van der Waals surface area contributed by atoms with Gasteiger partial charge in [0.05, 0.1) is 0 Å². The second-order valence-corrected chi connectivity index (χ2v) is 3.98. The van der Waals surface area contributed by atoms with Crippen molar-refractivity contribution >= 4 is 22.6 Å². The SMILES string of the molecule is Cc1ccc(OCC(F)(F)F)cc1I. The summed E-state index contributed by atoms with van der Waals surface area (Å²) in [7, 11) is 0. The Morgan fingerprint density at radius 2 is 2.00 bits per heavy atom. The summed E-state index contributed by atoms with van der Waals surface area (Å²) in [5.74, 6) is 0.248. The van der Waals surface area contributed by atoms with Gasteiger partial charge in [-0.15, -0.1) is 0 Å². The quantitative estimate of drug-likeness (QED) is 0.759. The highest BCUT2D eigenvalue weighted by Crippen LogP contribution is 2.21. The molecule has 1 aromatic carbocycles. The van der Waals surface area contributed by atoms with E-state index in [1.807, 2.05) is 29.5 Å². The zero-order valence-electron chi connectivity index (χ0n) is 7.36. The zero-order chi connectivity index (χ0) is 10.8. The van der Waals surface area contributed by atoms with Crippen molar-refractivity contribution in [2.24, 2.45) is 0 Å². The molecule has 0 fully saturated rings. The fraction of sp³-hybridized carbons (Fsp3) is 0.333. The molecule has 0 N–H and O–H groups in total. The van der Waals surface area contributed by atoms with Crippen LogP contribution in [0, 0.1) is 10.5 Å². The highest BCUT2D eigenvalue weighted by atomic mass is 127. The van der Waals surface area contributed by atoms with E-state index in [0.29, 0.717) is 0 Å². The largest absolute Gasteiger partial charge is 0.484 e. The van der Waals surface area contributed by atoms with Crippen molar-refractivity contribution in [3.63, 3.8) is 0 Å². The summed E-state index contributed by atoms with van der Waals surface area (Å²) in [6, 6.07) is 4.85. The Bertz CT molecular complexity index is 322. The van der Waals surface area contributed by atoms with Gasteiger partial charge in [-0.1, -0.05) is 6.07 Å². The molecule has 0 spiro atoms. The first kappa shape index (κ1) is 11.6. The van der Waals surface area contributed by atoms with Crippen LogP contribution in [0.5, 0.6) is 5.75 Å². The van der Waals surface area contributed by atoms with E-state index in [2.05, 4.69) is 4.74 Å². The number of aryl methyl sites for hydroxylation is 1. The number of rotatable bonds is 2. The van der Waals surface area contributed by atoms with E-state index in [-0.39, 0.29) is 5.75 Å². The van der Waals surface area contributed by atoms with Gasteiger partial charge in [-0.2, -0.15) is 13.2 Å². The predicted molar refractivity (Wildman–Crippen MR) is 55.4 cm³/mol. The maximum atomic E-state index is 11.8. The van der Waals surface area contributed by atoms with Gasteiger partial charge in [0.2, 0.25) is 0 Å². The van der Waals surface area contributed by atoms with E-state index in [1.54, 1.807) is 12.1 Å². The lowest BCUT2D eigenvalue weighted by molar-refractivity contribution is -0.153. The standard InChI is InChI=1S/C9H8F3IO/c1-6-2-3-7(4-8(6)13)14-5-9(10,11)12/h2-4H,5H2,1H3. The molecule has 0 atom stereocenters. The van der Waals surface area contributed by atoms with Crippen molar-refractivity contribution in [1.82, 2.24) is 0 Å². The lowest BCUT2D eigenvalue weighted by Gasteiger charge is -2.09. The number of benzene rings is 1.